The molecule has 0 aromatic carbocycles. The molecule has 0 aromatic heterocycles. The highest BCUT2D eigenvalue weighted by Gasteiger charge is 2.39. The predicted octanol–water partition coefficient (Wildman–Crippen LogP) is 7.03. The van der Waals surface area contributed by atoms with Gasteiger partial charge in [-0.25, -0.2) is 0 Å². The molecule has 1 heterocycles. The molecule has 0 bridgehead atoms. The average Bonchev–Trinajstić information content (AvgIpc) is 3.14. The number of unbranched alkanes of at least 4 members (excludes halogenated alkanes) is 6. The summed E-state index contributed by atoms with van der Waals surface area (Å²) in [6, 6.07) is 0. The van der Waals surface area contributed by atoms with Crippen LogP contribution in [0.4, 0.5) is 0 Å². The van der Waals surface area contributed by atoms with Gasteiger partial charge in [0.1, 0.15) is 0 Å². The van der Waals surface area contributed by atoms with E-state index in [1.807, 2.05) is 19.0 Å². The van der Waals surface area contributed by atoms with Crippen molar-refractivity contribution in [3.63, 3.8) is 0 Å². The van der Waals surface area contributed by atoms with Crippen LogP contribution in [0.5, 0.6) is 0 Å². The second kappa shape index (κ2) is 13.5. The molecule has 2 unspecified atom stereocenters. The third-order valence-electron chi connectivity index (χ3n) is 6.95. The monoisotopic (exact) mass is 406 g/mol. The van der Waals surface area contributed by atoms with Crippen LogP contribution >= 0.6 is 0 Å². The maximum Gasteiger partial charge on any atom is 0.240 e. The number of carbonyl (C=O) groups excluding carboxylic acids is 1. The molecule has 3 heteroatoms. The van der Waals surface area contributed by atoms with Crippen LogP contribution in [0.1, 0.15) is 112 Å². The highest BCUT2D eigenvalue weighted by Crippen LogP contribution is 2.46. The first-order chi connectivity index (χ1) is 13.8. The minimum Gasteiger partial charge on any atom is -0.314 e. The van der Waals surface area contributed by atoms with Gasteiger partial charge in [-0.05, 0) is 51.3 Å². The first-order valence-electron chi connectivity index (χ1n) is 12.5. The number of amides is 1. The van der Waals surface area contributed by atoms with Crippen molar-refractivity contribution in [1.29, 1.82) is 0 Å². The molecule has 0 aliphatic carbocycles. The SMILES string of the molecule is CCCCCCC(C)C1=C(C(C)(CC)CCCCCC)N(C(=O)CN(C)C)CC1. The van der Waals surface area contributed by atoms with Crippen LogP contribution in [0, 0.1) is 11.3 Å². The van der Waals surface area contributed by atoms with Crippen LogP contribution in [0.25, 0.3) is 0 Å². The summed E-state index contributed by atoms with van der Waals surface area (Å²) in [6.07, 6.45) is 15.1. The number of likely N-dealkylation sites (N-methyl/N-ethyl adjacent to an activating group) is 1. The molecule has 1 aliphatic heterocycles. The summed E-state index contributed by atoms with van der Waals surface area (Å²) in [7, 11) is 4.00. The number of nitrogens with zero attached hydrogens (tertiary/aromatic N) is 2. The Balaban J connectivity index is 3.09. The number of hydrogen-bond donors (Lipinski definition) is 0. The fourth-order valence-electron chi connectivity index (χ4n) is 4.89. The summed E-state index contributed by atoms with van der Waals surface area (Å²) in [5, 5.41) is 0. The zero-order valence-corrected chi connectivity index (χ0v) is 20.8. The summed E-state index contributed by atoms with van der Waals surface area (Å²) >= 11 is 0. The van der Waals surface area contributed by atoms with Crippen molar-refractivity contribution >= 4 is 5.91 Å². The molecule has 0 saturated carbocycles. The van der Waals surface area contributed by atoms with Crippen LogP contribution in [0.3, 0.4) is 0 Å². The van der Waals surface area contributed by atoms with Crippen molar-refractivity contribution in [2.45, 2.75) is 112 Å². The van der Waals surface area contributed by atoms with E-state index in [0.717, 1.165) is 19.4 Å². The van der Waals surface area contributed by atoms with Crippen LogP contribution in [0.15, 0.2) is 11.3 Å². The first-order valence-corrected chi connectivity index (χ1v) is 12.5. The minimum atomic E-state index is 0.124. The molecule has 0 radical (unpaired) electrons. The second-order valence-electron chi connectivity index (χ2n) is 9.88. The largest absolute Gasteiger partial charge is 0.314 e. The van der Waals surface area contributed by atoms with E-state index in [0.29, 0.717) is 12.5 Å². The van der Waals surface area contributed by atoms with Crippen molar-refractivity contribution < 1.29 is 4.79 Å². The maximum atomic E-state index is 13.1. The van der Waals surface area contributed by atoms with Gasteiger partial charge in [-0.1, -0.05) is 86.0 Å². The summed E-state index contributed by atoms with van der Waals surface area (Å²) in [5.41, 5.74) is 3.12. The number of carbonyl (C=O) groups is 1. The Morgan fingerprint density at radius 3 is 2.21 bits per heavy atom. The Bertz CT molecular complexity index is 511. The molecule has 0 saturated heterocycles. The van der Waals surface area contributed by atoms with Crippen molar-refractivity contribution in [3.8, 4) is 0 Å². The van der Waals surface area contributed by atoms with Crippen LogP contribution in [-0.2, 0) is 4.79 Å². The zero-order valence-electron chi connectivity index (χ0n) is 20.8. The van der Waals surface area contributed by atoms with E-state index < -0.39 is 0 Å². The number of allylic oxidation sites excluding steroid dienone is 1. The van der Waals surface area contributed by atoms with Crippen LogP contribution in [0.2, 0.25) is 0 Å². The highest BCUT2D eigenvalue weighted by atomic mass is 16.2. The van der Waals surface area contributed by atoms with Gasteiger partial charge in [-0.2, -0.15) is 0 Å². The molecule has 170 valence electrons. The average molecular weight is 407 g/mol. The Morgan fingerprint density at radius 2 is 1.66 bits per heavy atom. The lowest BCUT2D eigenvalue weighted by molar-refractivity contribution is -0.130. The molecule has 2 atom stereocenters. The molecule has 1 rings (SSSR count). The van der Waals surface area contributed by atoms with Gasteiger partial charge in [0, 0.05) is 17.7 Å². The fourth-order valence-corrected chi connectivity index (χ4v) is 4.89. The van der Waals surface area contributed by atoms with E-state index >= 15 is 0 Å². The van der Waals surface area contributed by atoms with E-state index in [1.165, 1.54) is 69.9 Å². The van der Waals surface area contributed by atoms with Crippen LogP contribution < -0.4 is 0 Å². The van der Waals surface area contributed by atoms with Crippen LogP contribution in [-0.4, -0.2) is 42.9 Å². The van der Waals surface area contributed by atoms with Gasteiger partial charge >= 0.3 is 0 Å². The Labute approximate surface area is 182 Å². The first kappa shape index (κ1) is 26.2. The number of rotatable bonds is 15. The van der Waals surface area contributed by atoms with Gasteiger partial charge in [0.15, 0.2) is 0 Å². The van der Waals surface area contributed by atoms with E-state index in [9.17, 15) is 4.79 Å². The summed E-state index contributed by atoms with van der Waals surface area (Å²) in [6.45, 7) is 13.1. The molecule has 29 heavy (non-hydrogen) atoms. The van der Waals surface area contributed by atoms with E-state index in [1.54, 1.807) is 5.57 Å². The molecule has 0 fully saturated rings. The Kier molecular flexibility index (Phi) is 12.2. The second-order valence-corrected chi connectivity index (χ2v) is 9.88. The molecule has 3 nitrogen and oxygen atoms in total. The molecule has 0 spiro atoms. The van der Waals surface area contributed by atoms with Gasteiger partial charge in [-0.3, -0.25) is 4.79 Å². The van der Waals surface area contributed by atoms with Crippen molar-refractivity contribution in [2.24, 2.45) is 11.3 Å². The molecular formula is C26H50N2O. The summed E-state index contributed by atoms with van der Waals surface area (Å²) in [5.74, 6) is 0.881. The smallest absolute Gasteiger partial charge is 0.240 e. The summed E-state index contributed by atoms with van der Waals surface area (Å²) < 4.78 is 0. The quantitative estimate of drug-likeness (QED) is 0.273. The van der Waals surface area contributed by atoms with Crippen molar-refractivity contribution in [1.82, 2.24) is 9.80 Å². The summed E-state index contributed by atoms with van der Waals surface area (Å²) in [4.78, 5) is 17.3. The molecule has 0 N–H and O–H groups in total. The highest BCUT2D eigenvalue weighted by molar-refractivity contribution is 5.81. The molecule has 0 aromatic rings. The number of hydrogen-bond acceptors (Lipinski definition) is 2. The van der Waals surface area contributed by atoms with Gasteiger partial charge in [0.25, 0.3) is 0 Å². The van der Waals surface area contributed by atoms with Gasteiger partial charge in [0.05, 0.1) is 6.54 Å². The van der Waals surface area contributed by atoms with Gasteiger partial charge in [0.2, 0.25) is 5.91 Å². The Morgan fingerprint density at radius 1 is 1.03 bits per heavy atom. The minimum absolute atomic E-state index is 0.124. The molecule has 1 aliphatic rings. The standard InChI is InChI=1S/C26H50N2O/c1-8-11-13-15-17-22(4)23-18-20-28(24(29)21-27(6)7)25(23)26(5,10-3)19-16-14-12-9-2/h22H,8-21H2,1-7H3. The lowest BCUT2D eigenvalue weighted by atomic mass is 9.75. The van der Waals surface area contributed by atoms with E-state index in [-0.39, 0.29) is 11.3 Å². The fraction of sp³-hybridized carbons (Fsp3) is 0.885. The third-order valence-corrected chi connectivity index (χ3v) is 6.95. The zero-order chi connectivity index (χ0) is 21.9. The molecular weight excluding hydrogens is 356 g/mol. The van der Waals surface area contributed by atoms with Gasteiger partial charge < -0.3 is 9.80 Å². The maximum absolute atomic E-state index is 13.1. The van der Waals surface area contributed by atoms with E-state index in [4.69, 9.17) is 0 Å². The van der Waals surface area contributed by atoms with E-state index in [2.05, 4.69) is 39.5 Å². The topological polar surface area (TPSA) is 23.6 Å². The Hall–Kier alpha value is -0.830. The normalized spacial score (nSPS) is 17.9. The van der Waals surface area contributed by atoms with Gasteiger partial charge in [-0.15, -0.1) is 0 Å². The predicted molar refractivity (Wildman–Crippen MR) is 127 cm³/mol. The van der Waals surface area contributed by atoms with Crippen molar-refractivity contribution in [3.05, 3.63) is 11.3 Å². The van der Waals surface area contributed by atoms with Crippen molar-refractivity contribution in [2.75, 3.05) is 27.2 Å². The molecule has 1 amide bonds. The third kappa shape index (κ3) is 8.07. The lowest BCUT2D eigenvalue weighted by Crippen LogP contribution is -2.40. The lowest BCUT2D eigenvalue weighted by Gasteiger charge is -2.38.